The van der Waals surface area contributed by atoms with Crippen LogP contribution in [0.5, 0.6) is 5.75 Å². The first-order valence-corrected chi connectivity index (χ1v) is 7.84. The van der Waals surface area contributed by atoms with Crippen LogP contribution in [0.4, 0.5) is 0 Å². The number of ether oxygens (including phenoxy) is 1. The van der Waals surface area contributed by atoms with Crippen LogP contribution in [-0.4, -0.2) is 6.10 Å². The van der Waals surface area contributed by atoms with Crippen molar-refractivity contribution in [3.05, 3.63) is 29.8 Å². The van der Waals surface area contributed by atoms with E-state index in [4.69, 9.17) is 10.6 Å². The Balaban J connectivity index is 2.36. The lowest BCUT2D eigenvalue weighted by atomic mass is 9.73. The number of hydrogen-bond acceptors (Lipinski definition) is 3. The second-order valence-electron chi connectivity index (χ2n) is 6.23. The Morgan fingerprint density at radius 1 is 1.25 bits per heavy atom. The molecule has 0 amide bonds. The zero-order valence-electron chi connectivity index (χ0n) is 13.0. The Morgan fingerprint density at radius 2 is 1.90 bits per heavy atom. The van der Waals surface area contributed by atoms with Crippen LogP contribution in [0.1, 0.15) is 64.5 Å². The van der Waals surface area contributed by atoms with Crippen molar-refractivity contribution >= 4 is 0 Å². The van der Waals surface area contributed by atoms with Gasteiger partial charge in [0.25, 0.3) is 0 Å². The molecule has 0 heterocycles. The zero-order chi connectivity index (χ0) is 14.6. The first-order valence-electron chi connectivity index (χ1n) is 7.84. The van der Waals surface area contributed by atoms with E-state index in [1.54, 1.807) is 0 Å². The van der Waals surface area contributed by atoms with E-state index < -0.39 is 0 Å². The molecule has 0 aliphatic heterocycles. The molecule has 20 heavy (non-hydrogen) atoms. The molecule has 1 saturated carbocycles. The van der Waals surface area contributed by atoms with Crippen LogP contribution in [0.2, 0.25) is 0 Å². The summed E-state index contributed by atoms with van der Waals surface area (Å²) in [6.45, 7) is 6.40. The van der Waals surface area contributed by atoms with Crippen LogP contribution in [0.15, 0.2) is 24.3 Å². The van der Waals surface area contributed by atoms with Gasteiger partial charge in [-0.1, -0.05) is 38.0 Å². The Labute approximate surface area is 122 Å². The standard InChI is InChI=1S/C17H28N2O/c1-4-17(11-7-8-12-17)16(19-18)14-9-5-6-10-15(14)20-13(2)3/h5-6,9-10,13,16,19H,4,7-8,11-12,18H2,1-3H3. The van der Waals surface area contributed by atoms with Crippen molar-refractivity contribution < 1.29 is 4.74 Å². The first kappa shape index (κ1) is 15.3. The lowest BCUT2D eigenvalue weighted by molar-refractivity contribution is 0.176. The molecule has 1 aliphatic carbocycles. The van der Waals surface area contributed by atoms with Crippen molar-refractivity contribution in [2.75, 3.05) is 0 Å². The van der Waals surface area contributed by atoms with E-state index in [0.717, 1.165) is 12.2 Å². The number of benzene rings is 1. The van der Waals surface area contributed by atoms with Gasteiger partial charge in [-0.15, -0.1) is 0 Å². The molecule has 0 aromatic heterocycles. The van der Waals surface area contributed by atoms with E-state index >= 15 is 0 Å². The molecule has 1 atom stereocenters. The molecule has 3 nitrogen and oxygen atoms in total. The quantitative estimate of drug-likeness (QED) is 0.611. The highest BCUT2D eigenvalue weighted by atomic mass is 16.5. The molecule has 0 bridgehead atoms. The average molecular weight is 276 g/mol. The van der Waals surface area contributed by atoms with E-state index in [1.165, 1.54) is 31.2 Å². The molecule has 1 fully saturated rings. The summed E-state index contributed by atoms with van der Waals surface area (Å²) in [7, 11) is 0. The molecule has 3 N–H and O–H groups in total. The fourth-order valence-corrected chi connectivity index (χ4v) is 3.60. The molecule has 1 unspecified atom stereocenters. The van der Waals surface area contributed by atoms with Gasteiger partial charge in [0.05, 0.1) is 12.1 Å². The molecule has 0 spiro atoms. The summed E-state index contributed by atoms with van der Waals surface area (Å²) < 4.78 is 5.98. The van der Waals surface area contributed by atoms with Crippen LogP contribution < -0.4 is 16.0 Å². The largest absolute Gasteiger partial charge is 0.491 e. The van der Waals surface area contributed by atoms with Gasteiger partial charge in [-0.3, -0.25) is 11.3 Å². The van der Waals surface area contributed by atoms with E-state index in [-0.39, 0.29) is 17.6 Å². The van der Waals surface area contributed by atoms with Crippen LogP contribution in [-0.2, 0) is 0 Å². The summed E-state index contributed by atoms with van der Waals surface area (Å²) in [5.41, 5.74) is 4.56. The summed E-state index contributed by atoms with van der Waals surface area (Å²) in [6.07, 6.45) is 6.43. The summed E-state index contributed by atoms with van der Waals surface area (Å²) in [6, 6.07) is 8.48. The van der Waals surface area contributed by atoms with Gasteiger partial charge in [-0.25, -0.2) is 0 Å². The average Bonchev–Trinajstić information content (AvgIpc) is 2.91. The monoisotopic (exact) mass is 276 g/mol. The molecule has 3 heteroatoms. The van der Waals surface area contributed by atoms with Gasteiger partial charge in [0.2, 0.25) is 0 Å². The Bertz CT molecular complexity index is 425. The molecule has 112 valence electrons. The van der Waals surface area contributed by atoms with Crippen molar-refractivity contribution in [3.8, 4) is 5.75 Å². The normalized spacial score (nSPS) is 19.2. The van der Waals surface area contributed by atoms with Crippen LogP contribution in [0.25, 0.3) is 0 Å². The first-order chi connectivity index (χ1) is 9.63. The van der Waals surface area contributed by atoms with E-state index in [0.29, 0.717) is 0 Å². The summed E-state index contributed by atoms with van der Waals surface area (Å²) in [5, 5.41) is 0. The maximum Gasteiger partial charge on any atom is 0.124 e. The molecular weight excluding hydrogens is 248 g/mol. The second-order valence-corrected chi connectivity index (χ2v) is 6.23. The van der Waals surface area contributed by atoms with Gasteiger partial charge < -0.3 is 4.74 Å². The smallest absolute Gasteiger partial charge is 0.124 e. The topological polar surface area (TPSA) is 47.3 Å². The minimum Gasteiger partial charge on any atom is -0.491 e. The van der Waals surface area contributed by atoms with Crippen molar-refractivity contribution in [1.29, 1.82) is 0 Å². The summed E-state index contributed by atoms with van der Waals surface area (Å²) in [4.78, 5) is 0. The highest BCUT2D eigenvalue weighted by molar-refractivity contribution is 5.37. The molecule has 0 saturated heterocycles. The van der Waals surface area contributed by atoms with Crippen LogP contribution in [0.3, 0.4) is 0 Å². The number of para-hydroxylation sites is 1. The van der Waals surface area contributed by atoms with Crippen LogP contribution >= 0.6 is 0 Å². The Kier molecular flexibility index (Phi) is 5.06. The maximum atomic E-state index is 5.98. The highest BCUT2D eigenvalue weighted by Crippen LogP contribution is 2.51. The Morgan fingerprint density at radius 3 is 2.45 bits per heavy atom. The van der Waals surface area contributed by atoms with E-state index in [9.17, 15) is 0 Å². The maximum absolute atomic E-state index is 5.98. The lowest BCUT2D eigenvalue weighted by Gasteiger charge is -2.37. The highest BCUT2D eigenvalue weighted by Gasteiger charge is 2.41. The van der Waals surface area contributed by atoms with Crippen molar-refractivity contribution in [3.63, 3.8) is 0 Å². The molecule has 0 radical (unpaired) electrons. The molecular formula is C17H28N2O. The summed E-state index contributed by atoms with van der Waals surface area (Å²) in [5.74, 6) is 6.90. The number of nitrogens with one attached hydrogen (secondary N) is 1. The number of rotatable bonds is 6. The Hall–Kier alpha value is -1.06. The minimum atomic E-state index is 0.171. The fourth-order valence-electron chi connectivity index (χ4n) is 3.60. The number of hydrazine groups is 1. The molecule has 1 aromatic carbocycles. The zero-order valence-corrected chi connectivity index (χ0v) is 13.0. The third-order valence-corrected chi connectivity index (χ3v) is 4.68. The predicted molar refractivity (Wildman–Crippen MR) is 83.5 cm³/mol. The van der Waals surface area contributed by atoms with Gasteiger partial charge in [0.15, 0.2) is 0 Å². The van der Waals surface area contributed by atoms with Crippen molar-refractivity contribution in [2.24, 2.45) is 11.3 Å². The number of hydrogen-bond donors (Lipinski definition) is 2. The SMILES string of the molecule is CCC1(C(NN)c2ccccc2OC(C)C)CCCC1. The van der Waals surface area contributed by atoms with E-state index in [2.05, 4.69) is 44.4 Å². The molecule has 2 rings (SSSR count). The predicted octanol–water partition coefficient (Wildman–Crippen LogP) is 3.95. The minimum absolute atomic E-state index is 0.171. The van der Waals surface area contributed by atoms with Crippen LogP contribution in [0, 0.1) is 5.41 Å². The second kappa shape index (κ2) is 6.59. The lowest BCUT2D eigenvalue weighted by Crippen LogP contribution is -2.40. The fraction of sp³-hybridized carbons (Fsp3) is 0.647. The molecule has 1 aliphatic rings. The molecule has 1 aromatic rings. The van der Waals surface area contributed by atoms with Gasteiger partial charge >= 0.3 is 0 Å². The van der Waals surface area contributed by atoms with Gasteiger partial charge in [-0.05, 0) is 44.6 Å². The van der Waals surface area contributed by atoms with Crippen molar-refractivity contribution in [1.82, 2.24) is 5.43 Å². The third-order valence-electron chi connectivity index (χ3n) is 4.68. The van der Waals surface area contributed by atoms with Gasteiger partial charge in [-0.2, -0.15) is 0 Å². The van der Waals surface area contributed by atoms with Crippen molar-refractivity contribution in [2.45, 2.75) is 65.0 Å². The van der Waals surface area contributed by atoms with Gasteiger partial charge in [0, 0.05) is 5.56 Å². The van der Waals surface area contributed by atoms with Gasteiger partial charge in [0.1, 0.15) is 5.75 Å². The third kappa shape index (κ3) is 2.99. The summed E-state index contributed by atoms with van der Waals surface area (Å²) >= 11 is 0. The number of nitrogens with two attached hydrogens (primary N) is 1. The van der Waals surface area contributed by atoms with E-state index in [1.807, 2.05) is 6.07 Å².